The first kappa shape index (κ1) is 21.4. The number of sulfonamides is 1. The van der Waals surface area contributed by atoms with Crippen LogP contribution in [-0.2, 0) is 21.3 Å². The summed E-state index contributed by atoms with van der Waals surface area (Å²) in [6.07, 6.45) is 1.97. The van der Waals surface area contributed by atoms with E-state index in [1.165, 1.54) is 18.4 Å². The summed E-state index contributed by atoms with van der Waals surface area (Å²) in [5.41, 5.74) is 0.704. The van der Waals surface area contributed by atoms with Crippen molar-refractivity contribution >= 4 is 16.0 Å². The van der Waals surface area contributed by atoms with Crippen molar-refractivity contribution in [1.82, 2.24) is 14.9 Å². The van der Waals surface area contributed by atoms with E-state index in [0.29, 0.717) is 23.0 Å². The minimum absolute atomic E-state index is 0.305. The third-order valence-electron chi connectivity index (χ3n) is 3.61. The lowest BCUT2D eigenvalue weighted by Gasteiger charge is -2.17. The van der Waals surface area contributed by atoms with Crippen molar-refractivity contribution < 1.29 is 13.2 Å². The van der Waals surface area contributed by atoms with Crippen molar-refractivity contribution in [3.05, 3.63) is 29.8 Å². The zero-order valence-corrected chi connectivity index (χ0v) is 16.4. The highest BCUT2D eigenvalue weighted by Gasteiger charge is 2.20. The highest BCUT2D eigenvalue weighted by Crippen LogP contribution is 2.18. The van der Waals surface area contributed by atoms with Gasteiger partial charge in [0.1, 0.15) is 0 Å². The number of hydrogen-bond donors (Lipinski definition) is 2. The van der Waals surface area contributed by atoms with Crippen LogP contribution in [0.25, 0.3) is 0 Å². The second kappa shape index (κ2) is 11.1. The van der Waals surface area contributed by atoms with Gasteiger partial charge >= 0.3 is 0 Å². The Balaban J connectivity index is 2.59. The summed E-state index contributed by atoms with van der Waals surface area (Å²) < 4.78 is 31.3. The van der Waals surface area contributed by atoms with Gasteiger partial charge in [-0.15, -0.1) is 0 Å². The molecule has 0 aliphatic rings. The lowest BCUT2D eigenvalue weighted by molar-refractivity contribution is 0.143. The molecule has 0 spiro atoms. The fourth-order valence-corrected chi connectivity index (χ4v) is 3.29. The number of nitrogens with one attached hydrogen (secondary N) is 2. The third-order valence-corrected chi connectivity index (χ3v) is 5.53. The molecule has 0 atom stereocenters. The molecule has 142 valence electrons. The summed E-state index contributed by atoms with van der Waals surface area (Å²) in [6.45, 7) is 4.65. The molecule has 25 heavy (non-hydrogen) atoms. The van der Waals surface area contributed by atoms with E-state index in [0.717, 1.165) is 32.6 Å². The summed E-state index contributed by atoms with van der Waals surface area (Å²) in [6, 6.07) is 6.98. The Hall–Kier alpha value is -1.64. The lowest BCUT2D eigenvalue weighted by Crippen LogP contribution is -2.37. The highest BCUT2D eigenvalue weighted by atomic mass is 32.2. The molecule has 7 nitrogen and oxygen atoms in total. The summed E-state index contributed by atoms with van der Waals surface area (Å²) in [5.74, 6) is 0.647. The molecule has 2 N–H and O–H groups in total. The largest absolute Gasteiger partial charge is 0.382 e. The number of unbranched alkanes of at least 4 members (excludes halogenated alkanes) is 1. The van der Waals surface area contributed by atoms with Crippen molar-refractivity contribution in [3.8, 4) is 0 Å². The smallest absolute Gasteiger partial charge is 0.242 e. The van der Waals surface area contributed by atoms with Gasteiger partial charge in [-0.2, -0.15) is 0 Å². The van der Waals surface area contributed by atoms with E-state index in [-0.39, 0.29) is 0 Å². The first-order chi connectivity index (χ1) is 11.9. The molecule has 0 fully saturated rings. The molecule has 8 heteroatoms. The van der Waals surface area contributed by atoms with Crippen LogP contribution in [0.15, 0.2) is 34.2 Å². The molecule has 0 bridgehead atoms. The molecule has 0 unspecified atom stereocenters. The summed E-state index contributed by atoms with van der Waals surface area (Å²) in [5, 5.41) is 6.38. The van der Waals surface area contributed by atoms with E-state index in [1.54, 1.807) is 25.2 Å². The molecule has 1 aromatic rings. The average molecular weight is 371 g/mol. The van der Waals surface area contributed by atoms with E-state index in [2.05, 4.69) is 15.6 Å². The molecule has 0 saturated carbocycles. The number of ether oxygens (including phenoxy) is 1. The van der Waals surface area contributed by atoms with E-state index in [4.69, 9.17) is 4.74 Å². The number of benzene rings is 1. The van der Waals surface area contributed by atoms with Gasteiger partial charge in [0.25, 0.3) is 0 Å². The molecule has 0 aliphatic carbocycles. The number of rotatable bonds is 10. The second-order valence-corrected chi connectivity index (χ2v) is 7.77. The van der Waals surface area contributed by atoms with Crippen LogP contribution in [0.3, 0.4) is 0 Å². The van der Waals surface area contributed by atoms with Crippen LogP contribution in [0.4, 0.5) is 0 Å². The number of hydrogen-bond acceptors (Lipinski definition) is 4. The first-order valence-corrected chi connectivity index (χ1v) is 9.90. The Morgan fingerprint density at radius 3 is 2.56 bits per heavy atom. The standard InChI is InChI=1S/C17H30N4O3S/c1-5-24-13-9-8-12-19-17(18-2)20-14-15-10-6-7-11-16(15)25(22,23)21(3)4/h6-7,10-11H,5,8-9,12-14H2,1-4H3,(H2,18,19,20). The lowest BCUT2D eigenvalue weighted by atomic mass is 10.2. The maximum Gasteiger partial charge on any atom is 0.242 e. The SMILES string of the molecule is CCOCCCCNC(=NC)NCc1ccccc1S(=O)(=O)N(C)C. The van der Waals surface area contributed by atoms with Gasteiger partial charge in [-0.3, -0.25) is 4.99 Å². The van der Waals surface area contributed by atoms with Crippen LogP contribution in [0.1, 0.15) is 25.3 Å². The zero-order chi connectivity index (χ0) is 18.7. The van der Waals surface area contributed by atoms with Crippen LogP contribution in [0.5, 0.6) is 0 Å². The Bertz CT molecular complexity index is 645. The zero-order valence-electron chi connectivity index (χ0n) is 15.6. The van der Waals surface area contributed by atoms with E-state index < -0.39 is 10.0 Å². The molecule has 0 amide bonds. The van der Waals surface area contributed by atoms with Crippen LogP contribution >= 0.6 is 0 Å². The highest BCUT2D eigenvalue weighted by molar-refractivity contribution is 7.89. The fourth-order valence-electron chi connectivity index (χ4n) is 2.18. The van der Waals surface area contributed by atoms with Gasteiger partial charge in [-0.25, -0.2) is 12.7 Å². The Morgan fingerprint density at radius 2 is 1.92 bits per heavy atom. The molecule has 0 heterocycles. The molecule has 0 aliphatic heterocycles. The Kier molecular flexibility index (Phi) is 9.48. The second-order valence-electron chi connectivity index (χ2n) is 5.65. The fraction of sp³-hybridized carbons (Fsp3) is 0.588. The van der Waals surface area contributed by atoms with Crippen molar-refractivity contribution in [2.75, 3.05) is 40.9 Å². The third kappa shape index (κ3) is 7.01. The predicted molar refractivity (Wildman–Crippen MR) is 101 cm³/mol. The first-order valence-electron chi connectivity index (χ1n) is 8.46. The minimum Gasteiger partial charge on any atom is -0.382 e. The van der Waals surface area contributed by atoms with E-state index in [9.17, 15) is 8.42 Å². The van der Waals surface area contributed by atoms with Crippen molar-refractivity contribution in [1.29, 1.82) is 0 Å². The van der Waals surface area contributed by atoms with Crippen LogP contribution < -0.4 is 10.6 Å². The summed E-state index contributed by atoms with van der Waals surface area (Å²) in [7, 11) is 1.28. The van der Waals surface area contributed by atoms with Gasteiger partial charge < -0.3 is 15.4 Å². The number of guanidine groups is 1. The normalized spacial score (nSPS) is 12.4. The van der Waals surface area contributed by atoms with Gasteiger partial charge in [0.05, 0.1) is 4.90 Å². The molecule has 1 aromatic carbocycles. The molecular formula is C17H30N4O3S. The summed E-state index contributed by atoms with van der Waals surface area (Å²) in [4.78, 5) is 4.47. The van der Waals surface area contributed by atoms with Crippen LogP contribution in [0, 0.1) is 0 Å². The predicted octanol–water partition coefficient (Wildman–Crippen LogP) is 1.42. The van der Waals surface area contributed by atoms with Gasteiger partial charge in [0.2, 0.25) is 10.0 Å². The summed E-state index contributed by atoms with van der Waals surface area (Å²) >= 11 is 0. The van der Waals surface area contributed by atoms with Crippen LogP contribution in [-0.4, -0.2) is 59.6 Å². The van der Waals surface area contributed by atoms with Gasteiger partial charge in [-0.1, -0.05) is 18.2 Å². The van der Waals surface area contributed by atoms with E-state index in [1.807, 2.05) is 13.0 Å². The average Bonchev–Trinajstić information content (AvgIpc) is 2.60. The molecule has 0 aromatic heterocycles. The van der Waals surface area contributed by atoms with Crippen molar-refractivity contribution in [3.63, 3.8) is 0 Å². The molecular weight excluding hydrogens is 340 g/mol. The number of nitrogens with zero attached hydrogens (tertiary/aromatic N) is 2. The van der Waals surface area contributed by atoms with Gasteiger partial charge in [0, 0.05) is 47.4 Å². The molecule has 0 radical (unpaired) electrons. The molecule has 0 saturated heterocycles. The maximum absolute atomic E-state index is 12.4. The van der Waals surface area contributed by atoms with Gasteiger partial charge in [-0.05, 0) is 31.4 Å². The van der Waals surface area contributed by atoms with Crippen molar-refractivity contribution in [2.24, 2.45) is 4.99 Å². The Morgan fingerprint density at radius 1 is 1.20 bits per heavy atom. The number of aliphatic imine (C=N–C) groups is 1. The maximum atomic E-state index is 12.4. The molecule has 1 rings (SSSR count). The van der Waals surface area contributed by atoms with E-state index >= 15 is 0 Å². The Labute approximate surface area is 151 Å². The van der Waals surface area contributed by atoms with Crippen LogP contribution in [0.2, 0.25) is 0 Å². The monoisotopic (exact) mass is 370 g/mol. The van der Waals surface area contributed by atoms with Gasteiger partial charge in [0.15, 0.2) is 5.96 Å². The minimum atomic E-state index is -3.47. The van der Waals surface area contributed by atoms with Crippen molar-refractivity contribution in [2.45, 2.75) is 31.2 Å². The topological polar surface area (TPSA) is 83.0 Å². The quantitative estimate of drug-likeness (QED) is 0.370.